The Morgan fingerprint density at radius 3 is 3.00 bits per heavy atom. The SMILES string of the molecule is Cc1ccc2nnn(C3CCC(=O)NC3=O)c2c1. The van der Waals surface area contributed by atoms with Crippen LogP contribution in [0.2, 0.25) is 0 Å². The Bertz CT molecular complexity index is 647. The highest BCUT2D eigenvalue weighted by Crippen LogP contribution is 2.22. The van der Waals surface area contributed by atoms with Crippen LogP contribution in [0.15, 0.2) is 18.2 Å². The van der Waals surface area contributed by atoms with Crippen molar-refractivity contribution >= 4 is 22.8 Å². The number of nitrogens with one attached hydrogen (secondary N) is 1. The summed E-state index contributed by atoms with van der Waals surface area (Å²) in [7, 11) is 0. The highest BCUT2D eigenvalue weighted by molar-refractivity contribution is 5.99. The van der Waals surface area contributed by atoms with E-state index in [1.54, 1.807) is 4.68 Å². The van der Waals surface area contributed by atoms with Crippen LogP contribution in [-0.2, 0) is 9.59 Å². The molecule has 2 aromatic rings. The van der Waals surface area contributed by atoms with E-state index in [2.05, 4.69) is 15.6 Å². The monoisotopic (exact) mass is 244 g/mol. The van der Waals surface area contributed by atoms with E-state index >= 15 is 0 Å². The number of benzene rings is 1. The number of nitrogens with zero attached hydrogens (tertiary/aromatic N) is 3. The van der Waals surface area contributed by atoms with E-state index in [9.17, 15) is 9.59 Å². The quantitative estimate of drug-likeness (QED) is 0.750. The molecule has 18 heavy (non-hydrogen) atoms. The third-order valence-corrected chi connectivity index (χ3v) is 3.13. The fourth-order valence-corrected chi connectivity index (χ4v) is 2.19. The molecule has 0 saturated carbocycles. The number of piperidine rings is 1. The lowest BCUT2D eigenvalue weighted by atomic mass is 10.1. The van der Waals surface area contributed by atoms with Crippen molar-refractivity contribution in [2.24, 2.45) is 0 Å². The van der Waals surface area contributed by atoms with E-state index in [0.29, 0.717) is 12.8 Å². The summed E-state index contributed by atoms with van der Waals surface area (Å²) in [5.74, 6) is -0.531. The van der Waals surface area contributed by atoms with Crippen molar-refractivity contribution in [1.29, 1.82) is 0 Å². The molecule has 2 amide bonds. The molecule has 0 spiro atoms. The van der Waals surface area contributed by atoms with Crippen molar-refractivity contribution in [3.8, 4) is 0 Å². The highest BCUT2D eigenvalue weighted by Gasteiger charge is 2.29. The first-order chi connectivity index (χ1) is 8.65. The number of fused-ring (bicyclic) bond motifs is 1. The van der Waals surface area contributed by atoms with Crippen LogP contribution in [0.3, 0.4) is 0 Å². The lowest BCUT2D eigenvalue weighted by Crippen LogP contribution is -2.42. The molecule has 0 bridgehead atoms. The number of rotatable bonds is 1. The zero-order valence-corrected chi connectivity index (χ0v) is 9.88. The minimum Gasteiger partial charge on any atom is -0.295 e. The number of amides is 2. The van der Waals surface area contributed by atoms with E-state index < -0.39 is 6.04 Å². The second-order valence-corrected chi connectivity index (χ2v) is 4.49. The molecule has 92 valence electrons. The van der Waals surface area contributed by atoms with Crippen molar-refractivity contribution in [2.75, 3.05) is 0 Å². The number of carbonyl (C=O) groups excluding carboxylic acids is 2. The van der Waals surface area contributed by atoms with Crippen molar-refractivity contribution in [3.63, 3.8) is 0 Å². The van der Waals surface area contributed by atoms with Gasteiger partial charge in [0.25, 0.3) is 5.91 Å². The smallest absolute Gasteiger partial charge is 0.251 e. The molecule has 3 rings (SSSR count). The van der Waals surface area contributed by atoms with Gasteiger partial charge in [0, 0.05) is 6.42 Å². The highest BCUT2D eigenvalue weighted by atomic mass is 16.2. The van der Waals surface area contributed by atoms with Gasteiger partial charge in [-0.25, -0.2) is 4.68 Å². The lowest BCUT2D eigenvalue weighted by Gasteiger charge is -2.21. The summed E-state index contributed by atoms with van der Waals surface area (Å²) >= 11 is 0. The van der Waals surface area contributed by atoms with Crippen molar-refractivity contribution < 1.29 is 9.59 Å². The van der Waals surface area contributed by atoms with Crippen LogP contribution in [0.4, 0.5) is 0 Å². The Morgan fingerprint density at radius 1 is 1.39 bits per heavy atom. The molecule has 0 radical (unpaired) electrons. The number of imide groups is 1. The Morgan fingerprint density at radius 2 is 2.22 bits per heavy atom. The van der Waals surface area contributed by atoms with Crippen molar-refractivity contribution in [2.45, 2.75) is 25.8 Å². The van der Waals surface area contributed by atoms with Gasteiger partial charge in [-0.1, -0.05) is 11.3 Å². The number of aryl methyl sites for hydroxylation is 1. The van der Waals surface area contributed by atoms with Gasteiger partial charge in [0.15, 0.2) is 0 Å². The largest absolute Gasteiger partial charge is 0.295 e. The zero-order valence-electron chi connectivity index (χ0n) is 9.88. The number of hydrogen-bond acceptors (Lipinski definition) is 4. The molecule has 1 atom stereocenters. The fraction of sp³-hybridized carbons (Fsp3) is 0.333. The first-order valence-electron chi connectivity index (χ1n) is 5.80. The summed E-state index contributed by atoms with van der Waals surface area (Å²) in [5, 5.41) is 10.4. The number of hydrogen-bond donors (Lipinski definition) is 1. The standard InChI is InChI=1S/C12H12N4O2/c1-7-2-3-8-10(6-7)16(15-14-8)9-4-5-11(17)13-12(9)18/h2-3,6,9H,4-5H2,1H3,(H,13,17,18). The predicted molar refractivity (Wildman–Crippen MR) is 63.7 cm³/mol. The van der Waals surface area contributed by atoms with Gasteiger partial charge in [0.1, 0.15) is 11.6 Å². The summed E-state index contributed by atoms with van der Waals surface area (Å²) in [5.41, 5.74) is 2.66. The molecule has 1 aromatic carbocycles. The maximum Gasteiger partial charge on any atom is 0.251 e. The molecule has 1 saturated heterocycles. The van der Waals surface area contributed by atoms with E-state index in [0.717, 1.165) is 16.6 Å². The third kappa shape index (κ3) is 1.66. The van der Waals surface area contributed by atoms with Crippen LogP contribution >= 0.6 is 0 Å². The van der Waals surface area contributed by atoms with Crippen LogP contribution < -0.4 is 5.32 Å². The third-order valence-electron chi connectivity index (χ3n) is 3.13. The first kappa shape index (κ1) is 10.9. The second kappa shape index (κ2) is 3.90. The summed E-state index contributed by atoms with van der Waals surface area (Å²) in [4.78, 5) is 22.9. The average molecular weight is 244 g/mol. The topological polar surface area (TPSA) is 76.9 Å². The molecular weight excluding hydrogens is 232 g/mol. The van der Waals surface area contributed by atoms with Crippen LogP contribution in [0.5, 0.6) is 0 Å². The van der Waals surface area contributed by atoms with Gasteiger partial charge in [-0.15, -0.1) is 5.10 Å². The fourth-order valence-electron chi connectivity index (χ4n) is 2.19. The van der Waals surface area contributed by atoms with Gasteiger partial charge in [0.2, 0.25) is 5.91 Å². The second-order valence-electron chi connectivity index (χ2n) is 4.49. The van der Waals surface area contributed by atoms with Crippen LogP contribution in [0, 0.1) is 6.92 Å². The molecule has 1 fully saturated rings. The van der Waals surface area contributed by atoms with Gasteiger partial charge >= 0.3 is 0 Å². The number of aromatic nitrogens is 3. The Kier molecular flexibility index (Phi) is 2.36. The minimum absolute atomic E-state index is 0.225. The molecule has 1 unspecified atom stereocenters. The Hall–Kier alpha value is -2.24. The molecule has 2 heterocycles. The maximum absolute atomic E-state index is 11.8. The molecule has 1 aromatic heterocycles. The van der Waals surface area contributed by atoms with Crippen molar-refractivity contribution in [3.05, 3.63) is 23.8 Å². The molecule has 6 heteroatoms. The van der Waals surface area contributed by atoms with Gasteiger partial charge in [-0.05, 0) is 31.0 Å². The van der Waals surface area contributed by atoms with E-state index in [4.69, 9.17) is 0 Å². The van der Waals surface area contributed by atoms with Crippen LogP contribution in [-0.4, -0.2) is 26.8 Å². The van der Waals surface area contributed by atoms with Crippen molar-refractivity contribution in [1.82, 2.24) is 20.3 Å². The summed E-state index contributed by atoms with van der Waals surface area (Å²) in [6.45, 7) is 1.97. The molecule has 0 aliphatic carbocycles. The Balaban J connectivity index is 2.06. The van der Waals surface area contributed by atoms with Gasteiger partial charge in [0.05, 0.1) is 5.52 Å². The number of carbonyl (C=O) groups is 2. The zero-order chi connectivity index (χ0) is 12.7. The van der Waals surface area contributed by atoms with Gasteiger partial charge in [-0.2, -0.15) is 0 Å². The molecular formula is C12H12N4O2. The van der Waals surface area contributed by atoms with Gasteiger partial charge < -0.3 is 0 Å². The molecule has 1 aliphatic heterocycles. The minimum atomic E-state index is -0.450. The molecule has 6 nitrogen and oxygen atoms in total. The summed E-state index contributed by atoms with van der Waals surface area (Å²) in [6, 6.07) is 5.32. The summed E-state index contributed by atoms with van der Waals surface area (Å²) in [6.07, 6.45) is 0.806. The normalized spacial score (nSPS) is 20.2. The van der Waals surface area contributed by atoms with E-state index in [1.807, 2.05) is 25.1 Å². The molecule has 1 aliphatic rings. The Labute approximate surface area is 103 Å². The summed E-state index contributed by atoms with van der Waals surface area (Å²) < 4.78 is 1.60. The average Bonchev–Trinajstić information content (AvgIpc) is 2.72. The van der Waals surface area contributed by atoms with Gasteiger partial charge in [-0.3, -0.25) is 14.9 Å². The lowest BCUT2D eigenvalue weighted by molar-refractivity contribution is -0.135. The van der Waals surface area contributed by atoms with E-state index in [1.165, 1.54) is 0 Å². The predicted octanol–water partition coefficient (Wildman–Crippen LogP) is 0.717. The molecule has 1 N–H and O–H groups in total. The van der Waals surface area contributed by atoms with Crippen LogP contribution in [0.1, 0.15) is 24.4 Å². The maximum atomic E-state index is 11.8. The van der Waals surface area contributed by atoms with Crippen LogP contribution in [0.25, 0.3) is 11.0 Å². The van der Waals surface area contributed by atoms with E-state index in [-0.39, 0.29) is 11.8 Å². The first-order valence-corrected chi connectivity index (χ1v) is 5.80.